The van der Waals surface area contributed by atoms with Gasteiger partial charge in [0.1, 0.15) is 0 Å². The van der Waals surface area contributed by atoms with Crippen molar-refractivity contribution < 1.29 is 19.2 Å². The second-order valence-electron chi connectivity index (χ2n) is 3.40. The van der Waals surface area contributed by atoms with Crippen molar-refractivity contribution in [3.05, 3.63) is 74.5 Å². The van der Waals surface area contributed by atoms with Crippen molar-refractivity contribution in [3.63, 3.8) is 0 Å². The summed E-state index contributed by atoms with van der Waals surface area (Å²) >= 11 is 2.03. The van der Waals surface area contributed by atoms with Gasteiger partial charge in [-0.25, -0.2) is 0 Å². The Morgan fingerprint density at radius 2 is 1.47 bits per heavy atom. The summed E-state index contributed by atoms with van der Waals surface area (Å²) in [6.07, 6.45) is 1.05. The van der Waals surface area contributed by atoms with E-state index >= 15 is 0 Å². The summed E-state index contributed by atoms with van der Waals surface area (Å²) in [5.74, 6) is 0. The molecule has 0 unspecified atom stereocenters. The number of fused-ring (bicyclic) bond motifs is 3. The molecule has 0 spiro atoms. The number of hydrogen-bond acceptors (Lipinski definition) is 0. The monoisotopic (exact) mass is 345 g/mol. The van der Waals surface area contributed by atoms with E-state index in [1.54, 1.807) is 0 Å². The zero-order valence-electron chi connectivity index (χ0n) is 11.3. The largest absolute Gasteiger partial charge is 0.179 e. The first-order chi connectivity index (χ1) is 7.45. The van der Waals surface area contributed by atoms with E-state index in [1.807, 2.05) is 32.9 Å². The summed E-state index contributed by atoms with van der Waals surface area (Å²) in [7, 11) is 1.86. The third kappa shape index (κ3) is 5.09. The first-order valence-electron chi connectivity index (χ1n) is 4.88. The van der Waals surface area contributed by atoms with E-state index in [0.29, 0.717) is 0 Å². The summed E-state index contributed by atoms with van der Waals surface area (Å²) < 4.78 is 0. The molecule has 0 heterocycles. The minimum Gasteiger partial charge on any atom is -0.179 e. The van der Waals surface area contributed by atoms with E-state index in [4.69, 9.17) is 0 Å². The molecule has 0 N–H and O–H groups in total. The van der Waals surface area contributed by atoms with Crippen molar-refractivity contribution in [1.82, 2.24) is 0 Å². The second-order valence-corrected chi connectivity index (χ2v) is 3.40. The summed E-state index contributed by atoms with van der Waals surface area (Å²) in [6, 6.07) is 18.1. The van der Waals surface area contributed by atoms with Gasteiger partial charge in [0.15, 0.2) is 0 Å². The van der Waals surface area contributed by atoms with Crippen molar-refractivity contribution >= 4 is 32.4 Å². The van der Waals surface area contributed by atoms with Crippen LogP contribution in [0.15, 0.2) is 42.5 Å². The zero-order valence-corrected chi connectivity index (χ0v) is 15.9. The molecule has 2 aromatic rings. The molecule has 0 saturated carbocycles. The molecule has 0 aliphatic heterocycles. The first-order valence-corrected chi connectivity index (χ1v) is 8.90. The van der Waals surface area contributed by atoms with Crippen LogP contribution in [0.2, 0.25) is 0 Å². The van der Waals surface area contributed by atoms with Crippen molar-refractivity contribution in [1.29, 1.82) is 0 Å². The Kier molecular flexibility index (Phi) is 14.8. The third-order valence-corrected chi connectivity index (χ3v) is 2.62. The second kappa shape index (κ2) is 11.8. The summed E-state index contributed by atoms with van der Waals surface area (Å²) in [5, 5.41) is 0. The molecule has 2 aromatic carbocycles. The van der Waals surface area contributed by atoms with E-state index in [0.717, 1.165) is 6.42 Å². The molecule has 19 heavy (non-hydrogen) atoms. The van der Waals surface area contributed by atoms with E-state index in [9.17, 15) is 0 Å². The molecule has 3 rings (SSSR count). The zero-order chi connectivity index (χ0) is 10.7. The number of hydrogen-bond donors (Lipinski definition) is 0. The first kappa shape index (κ1) is 24.0. The van der Waals surface area contributed by atoms with Gasteiger partial charge in [0.05, 0.1) is 0 Å². The quantitative estimate of drug-likeness (QED) is 0.428. The van der Waals surface area contributed by atoms with Crippen LogP contribution in [0.3, 0.4) is 0 Å². The van der Waals surface area contributed by atoms with Crippen LogP contribution in [0, 0.1) is 20.9 Å². The molecule has 1 aliphatic carbocycles. The molecule has 0 aromatic heterocycles. The van der Waals surface area contributed by atoms with Gasteiger partial charge in [-0.15, -0.1) is 30.4 Å². The Morgan fingerprint density at radius 1 is 0.895 bits per heavy atom. The maximum Gasteiger partial charge on any atom is -0.0253 e. The maximum absolute atomic E-state index is 3.30. The minimum atomic E-state index is 0. The fourth-order valence-electron chi connectivity index (χ4n) is 2.00. The van der Waals surface area contributed by atoms with Gasteiger partial charge in [0, 0.05) is 0 Å². The minimum absolute atomic E-state index is 0. The third-order valence-electron chi connectivity index (χ3n) is 2.62. The van der Waals surface area contributed by atoms with Crippen LogP contribution in [0.25, 0.3) is 11.1 Å². The Hall–Kier alpha value is -0.0488. The van der Waals surface area contributed by atoms with E-state index in [1.165, 1.54) is 22.3 Å². The Balaban J connectivity index is -0.000000409. The van der Waals surface area contributed by atoms with Crippen LogP contribution in [0.1, 0.15) is 11.1 Å². The Labute approximate surface area is 143 Å². The molecule has 104 valence electrons. The smallest absolute Gasteiger partial charge is 0.0253 e. The normalized spacial score (nSPS) is 8.58. The molecular formula is C15H19Cl2SiTi-3. The van der Waals surface area contributed by atoms with Gasteiger partial charge in [0.25, 0.3) is 0 Å². The molecule has 4 heteroatoms. The molecule has 0 atom stereocenters. The van der Waals surface area contributed by atoms with Crippen molar-refractivity contribution in [2.24, 2.45) is 0 Å². The average molecular weight is 346 g/mol. The van der Waals surface area contributed by atoms with Crippen molar-refractivity contribution in [2.75, 3.05) is 0 Å². The van der Waals surface area contributed by atoms with E-state index in [2.05, 4.69) is 42.5 Å². The van der Waals surface area contributed by atoms with Crippen molar-refractivity contribution in [3.8, 4) is 11.1 Å². The van der Waals surface area contributed by atoms with Gasteiger partial charge in [-0.3, -0.25) is 0 Å². The molecule has 0 saturated heterocycles. The molecule has 1 aliphatic rings. The number of rotatable bonds is 0. The van der Waals surface area contributed by atoms with Crippen LogP contribution >= 0.6 is 24.8 Å². The molecular weight excluding hydrogens is 327 g/mol. The number of halogens is 2. The summed E-state index contributed by atoms with van der Waals surface area (Å²) in [4.78, 5) is 0. The van der Waals surface area contributed by atoms with Crippen LogP contribution < -0.4 is 0 Å². The van der Waals surface area contributed by atoms with E-state index < -0.39 is 0 Å². The predicted molar refractivity (Wildman–Crippen MR) is 89.4 cm³/mol. The van der Waals surface area contributed by atoms with Gasteiger partial charge in [0.2, 0.25) is 0 Å². The summed E-state index contributed by atoms with van der Waals surface area (Å²) in [6.45, 7) is 0. The maximum atomic E-state index is 3.30. The van der Waals surface area contributed by atoms with Gasteiger partial charge < -0.3 is 14.9 Å². The topological polar surface area (TPSA) is 0 Å². The molecule has 0 amide bonds. The van der Waals surface area contributed by atoms with Gasteiger partial charge in [-0.2, -0.15) is 29.8 Å². The Bertz CT molecular complexity index is 446. The van der Waals surface area contributed by atoms with Crippen LogP contribution in [0.4, 0.5) is 0 Å². The number of benzene rings is 2. The SMILES string of the molecule is Cl.Cl.[CH3-].[CH3-].[SiH2]=[Ti].[c-]1cccc2c1Cc1ccccc1-2. The summed E-state index contributed by atoms with van der Waals surface area (Å²) in [5.41, 5.74) is 5.51. The molecule has 0 bridgehead atoms. The van der Waals surface area contributed by atoms with Gasteiger partial charge in [-0.05, 0) is 6.42 Å². The predicted octanol–water partition coefficient (Wildman–Crippen LogP) is 3.88. The molecule has 0 nitrogen and oxygen atoms in total. The standard InChI is InChI=1S/C13H9.2CH3.2ClH.H2Si.Ti/c1-3-7-12-10(5-1)9-11-6-2-4-8-13(11)12;;;;;;/h1-5,7-8H,9H2;2*1H3;2*1H;1H2;/q3*-1;;;;. The van der Waals surface area contributed by atoms with E-state index in [-0.39, 0.29) is 39.7 Å². The van der Waals surface area contributed by atoms with Crippen LogP contribution in [-0.2, 0) is 25.6 Å². The van der Waals surface area contributed by atoms with Crippen LogP contribution in [0.5, 0.6) is 0 Å². The van der Waals surface area contributed by atoms with Gasteiger partial charge >= 0.3 is 26.8 Å². The fourth-order valence-corrected chi connectivity index (χ4v) is 2.00. The molecule has 0 radical (unpaired) electrons. The molecule has 0 fully saturated rings. The van der Waals surface area contributed by atoms with Gasteiger partial charge in [-0.1, -0.05) is 35.4 Å². The van der Waals surface area contributed by atoms with Crippen LogP contribution in [-0.4, -0.2) is 7.63 Å². The van der Waals surface area contributed by atoms with Crippen molar-refractivity contribution in [2.45, 2.75) is 6.42 Å². The fraction of sp³-hybridized carbons (Fsp3) is 0.0667. The average Bonchev–Trinajstić information content (AvgIpc) is 2.70. The Morgan fingerprint density at radius 3 is 2.16 bits per heavy atom.